The van der Waals surface area contributed by atoms with Crippen molar-refractivity contribution in [2.45, 2.75) is 66.5 Å². The number of rotatable bonds is 13. The van der Waals surface area contributed by atoms with E-state index in [1.807, 2.05) is 6.92 Å². The van der Waals surface area contributed by atoms with Crippen LogP contribution in [0.25, 0.3) is 0 Å². The maximum atomic E-state index is 12.3. The predicted octanol–water partition coefficient (Wildman–Crippen LogP) is 3.43. The van der Waals surface area contributed by atoms with Gasteiger partial charge in [0.25, 0.3) is 0 Å². The van der Waals surface area contributed by atoms with Crippen LogP contribution in [0.1, 0.15) is 53.5 Å². The predicted molar refractivity (Wildman–Crippen MR) is 127 cm³/mol. The lowest BCUT2D eigenvalue weighted by atomic mass is 10.0. The van der Waals surface area contributed by atoms with Crippen LogP contribution in [0.4, 0.5) is 4.79 Å². The lowest BCUT2D eigenvalue weighted by Crippen LogP contribution is -2.41. The fourth-order valence-corrected chi connectivity index (χ4v) is 2.56. The number of esters is 3. The van der Waals surface area contributed by atoms with Crippen molar-refractivity contribution in [2.75, 3.05) is 20.3 Å². The van der Waals surface area contributed by atoms with E-state index in [4.69, 9.17) is 23.7 Å². The van der Waals surface area contributed by atoms with Crippen molar-refractivity contribution < 1.29 is 42.9 Å². The summed E-state index contributed by atoms with van der Waals surface area (Å²) in [6.07, 6.45) is -0.185. The summed E-state index contributed by atoms with van der Waals surface area (Å²) in [4.78, 5) is 48.2. The number of nitrogens with one attached hydrogen (secondary N) is 1. The molecule has 0 saturated carbocycles. The minimum absolute atomic E-state index is 0.00982. The van der Waals surface area contributed by atoms with E-state index in [-0.39, 0.29) is 43.1 Å². The first-order valence-corrected chi connectivity index (χ1v) is 11.7. The molecule has 10 nitrogen and oxygen atoms in total. The molecule has 0 bridgehead atoms. The first-order valence-electron chi connectivity index (χ1n) is 11.7. The summed E-state index contributed by atoms with van der Waals surface area (Å²) in [6, 6.07) is 3.95. The first-order chi connectivity index (χ1) is 16.5. The molecule has 0 spiro atoms. The Kier molecular flexibility index (Phi) is 12.8. The molecule has 0 fully saturated rings. The van der Waals surface area contributed by atoms with E-state index >= 15 is 0 Å². The fourth-order valence-electron chi connectivity index (χ4n) is 2.56. The van der Waals surface area contributed by atoms with Crippen LogP contribution in [0.5, 0.6) is 11.5 Å². The number of hydrogen-bond donors (Lipinski definition) is 1. The van der Waals surface area contributed by atoms with Gasteiger partial charge < -0.3 is 29.0 Å². The van der Waals surface area contributed by atoms with Gasteiger partial charge in [0.2, 0.25) is 0 Å². The molecule has 0 radical (unpaired) electrons. The molecule has 0 aliphatic rings. The Morgan fingerprint density at radius 1 is 0.886 bits per heavy atom. The van der Waals surface area contributed by atoms with Crippen molar-refractivity contribution in [1.82, 2.24) is 5.32 Å². The molecule has 35 heavy (non-hydrogen) atoms. The van der Waals surface area contributed by atoms with Gasteiger partial charge in [0, 0.05) is 6.54 Å². The minimum atomic E-state index is -0.779. The number of hydrogen-bond acceptors (Lipinski definition) is 10. The Hall–Kier alpha value is -3.14. The largest absolute Gasteiger partial charge is 0.508 e. The quantitative estimate of drug-likeness (QED) is 0.247. The molecule has 0 saturated heterocycles. The summed E-state index contributed by atoms with van der Waals surface area (Å²) in [5.74, 6) is -2.08. The molecule has 2 atom stereocenters. The molecule has 1 unspecified atom stereocenters. The van der Waals surface area contributed by atoms with Crippen LogP contribution >= 0.6 is 0 Å². The third kappa shape index (κ3) is 10.8. The number of carbonyl (C=O) groups excluding carboxylic acids is 4. The monoisotopic (exact) mass is 495 g/mol. The average Bonchev–Trinajstić information content (AvgIpc) is 2.81. The zero-order chi connectivity index (χ0) is 26.5. The number of ether oxygens (including phenoxy) is 5. The molecule has 196 valence electrons. The van der Waals surface area contributed by atoms with Crippen molar-refractivity contribution in [3.8, 4) is 11.5 Å². The van der Waals surface area contributed by atoms with Crippen LogP contribution < -0.4 is 14.8 Å². The SMILES string of the molecule is CCC(C)OC(=O)OCCN[C@@H](Cc1ccc(OC(=O)C(C)C)c(OC(=O)C(C)C)c1)C(=O)OC. The number of benzene rings is 1. The van der Waals surface area contributed by atoms with Crippen LogP contribution in [0.2, 0.25) is 0 Å². The third-order valence-corrected chi connectivity index (χ3v) is 4.88. The zero-order valence-electron chi connectivity index (χ0n) is 21.5. The summed E-state index contributed by atoms with van der Waals surface area (Å²) in [6.45, 7) is 10.6. The summed E-state index contributed by atoms with van der Waals surface area (Å²) in [7, 11) is 1.27. The molecular formula is C25H37NO9. The Morgan fingerprint density at radius 3 is 2.03 bits per heavy atom. The van der Waals surface area contributed by atoms with Crippen molar-refractivity contribution in [3.63, 3.8) is 0 Å². The van der Waals surface area contributed by atoms with Gasteiger partial charge in [0.1, 0.15) is 18.8 Å². The summed E-state index contributed by atoms with van der Waals surface area (Å²) in [5.41, 5.74) is 0.626. The lowest BCUT2D eigenvalue weighted by molar-refractivity contribution is -0.143. The van der Waals surface area contributed by atoms with Gasteiger partial charge in [-0.3, -0.25) is 14.4 Å². The molecule has 1 aromatic carbocycles. The molecule has 0 heterocycles. The second kappa shape index (κ2) is 15.0. The van der Waals surface area contributed by atoms with Gasteiger partial charge in [0.15, 0.2) is 11.5 Å². The molecular weight excluding hydrogens is 458 g/mol. The van der Waals surface area contributed by atoms with Gasteiger partial charge >= 0.3 is 24.1 Å². The van der Waals surface area contributed by atoms with E-state index in [1.165, 1.54) is 13.2 Å². The number of carbonyl (C=O) groups is 4. The maximum Gasteiger partial charge on any atom is 0.508 e. The van der Waals surface area contributed by atoms with Gasteiger partial charge in [-0.2, -0.15) is 0 Å². The topological polar surface area (TPSA) is 126 Å². The lowest BCUT2D eigenvalue weighted by Gasteiger charge is -2.18. The Balaban J connectivity index is 2.94. The highest BCUT2D eigenvalue weighted by molar-refractivity contribution is 5.78. The summed E-state index contributed by atoms with van der Waals surface area (Å²) < 4.78 is 25.7. The summed E-state index contributed by atoms with van der Waals surface area (Å²) in [5, 5.41) is 2.98. The van der Waals surface area contributed by atoms with Crippen LogP contribution in [-0.4, -0.2) is 56.5 Å². The molecule has 0 aliphatic heterocycles. The molecule has 10 heteroatoms. The van der Waals surface area contributed by atoms with Gasteiger partial charge in [-0.05, 0) is 37.5 Å². The molecule has 1 rings (SSSR count). The highest BCUT2D eigenvalue weighted by Gasteiger charge is 2.22. The van der Waals surface area contributed by atoms with Crippen molar-refractivity contribution in [1.29, 1.82) is 0 Å². The minimum Gasteiger partial charge on any atom is -0.468 e. The number of methoxy groups -OCH3 is 1. The molecule has 1 N–H and O–H groups in total. The average molecular weight is 496 g/mol. The third-order valence-electron chi connectivity index (χ3n) is 4.88. The standard InChI is InChI=1S/C25H37NO9/c1-8-17(6)33-25(30)32-12-11-26-19(24(29)31-7)13-18-9-10-20(34-22(27)15(2)3)21(14-18)35-23(28)16(4)5/h9-10,14-17,19,26H,8,11-13H2,1-7H3/t17?,19-/m0/s1. The molecule has 0 amide bonds. The van der Waals surface area contributed by atoms with Gasteiger partial charge in [0.05, 0.1) is 18.9 Å². The molecule has 1 aromatic rings. The van der Waals surface area contributed by atoms with E-state index in [2.05, 4.69) is 5.32 Å². The van der Waals surface area contributed by atoms with Crippen molar-refractivity contribution >= 4 is 24.1 Å². The van der Waals surface area contributed by atoms with E-state index in [0.717, 1.165) is 0 Å². The van der Waals surface area contributed by atoms with Crippen LogP contribution in [0.15, 0.2) is 18.2 Å². The van der Waals surface area contributed by atoms with E-state index in [1.54, 1.807) is 46.8 Å². The van der Waals surface area contributed by atoms with Crippen LogP contribution in [0.3, 0.4) is 0 Å². The van der Waals surface area contributed by atoms with Gasteiger partial charge in [-0.15, -0.1) is 0 Å². The zero-order valence-corrected chi connectivity index (χ0v) is 21.5. The molecule has 0 aromatic heterocycles. The Labute approximate surface area is 206 Å². The second-order valence-corrected chi connectivity index (χ2v) is 8.60. The summed E-state index contributed by atoms with van der Waals surface area (Å²) >= 11 is 0. The fraction of sp³-hybridized carbons (Fsp3) is 0.600. The Morgan fingerprint density at radius 2 is 1.49 bits per heavy atom. The molecule has 0 aliphatic carbocycles. The van der Waals surface area contributed by atoms with E-state index in [0.29, 0.717) is 12.0 Å². The highest BCUT2D eigenvalue weighted by Crippen LogP contribution is 2.30. The highest BCUT2D eigenvalue weighted by atomic mass is 16.7. The van der Waals surface area contributed by atoms with E-state index in [9.17, 15) is 19.2 Å². The van der Waals surface area contributed by atoms with Gasteiger partial charge in [-0.25, -0.2) is 4.79 Å². The normalized spacial score (nSPS) is 12.6. The maximum absolute atomic E-state index is 12.3. The van der Waals surface area contributed by atoms with E-state index < -0.39 is 36.0 Å². The van der Waals surface area contributed by atoms with Crippen molar-refractivity contribution in [2.24, 2.45) is 11.8 Å². The smallest absolute Gasteiger partial charge is 0.468 e. The van der Waals surface area contributed by atoms with Crippen LogP contribution in [-0.2, 0) is 35.0 Å². The first kappa shape index (κ1) is 29.9. The van der Waals surface area contributed by atoms with Gasteiger partial charge in [-0.1, -0.05) is 40.7 Å². The Bertz CT molecular complexity index is 866. The second-order valence-electron chi connectivity index (χ2n) is 8.60. The van der Waals surface area contributed by atoms with Crippen LogP contribution in [0, 0.1) is 11.8 Å². The van der Waals surface area contributed by atoms with Crippen molar-refractivity contribution in [3.05, 3.63) is 23.8 Å².